The lowest BCUT2D eigenvalue weighted by Crippen LogP contribution is -2.72. The largest absolute Gasteiger partial charge is 0.458 e. The van der Waals surface area contributed by atoms with Gasteiger partial charge in [0, 0.05) is 13.2 Å². The number of carbonyl (C=O) groups is 2. The van der Waals surface area contributed by atoms with Gasteiger partial charge in [0.25, 0.3) is 5.91 Å². The molecule has 43 heavy (non-hydrogen) atoms. The molecule has 3 aliphatic heterocycles. The summed E-state index contributed by atoms with van der Waals surface area (Å²) in [5.74, 6) is -0.400. The first-order valence-electron chi connectivity index (χ1n) is 15.1. The molecule has 1 amide bonds. The van der Waals surface area contributed by atoms with Crippen LogP contribution < -0.4 is 0 Å². The molecule has 0 spiro atoms. The molecule has 3 heterocycles. The first-order chi connectivity index (χ1) is 20.5. The number of methoxy groups -OCH3 is 1. The van der Waals surface area contributed by atoms with Gasteiger partial charge in [-0.25, -0.2) is 4.79 Å². The summed E-state index contributed by atoms with van der Waals surface area (Å²) >= 11 is 3.65. The number of amides is 1. The van der Waals surface area contributed by atoms with Crippen molar-refractivity contribution < 1.29 is 38.0 Å². The van der Waals surface area contributed by atoms with Crippen LogP contribution in [-0.2, 0) is 44.6 Å². The van der Waals surface area contributed by atoms with Gasteiger partial charge in [-0.05, 0) is 57.6 Å². The number of thioether (sulfide) groups is 2. The summed E-state index contributed by atoms with van der Waals surface area (Å²) in [6.45, 7) is 12.4. The SMILES string of the molecule is CCCSC(SCCC)[C@@H]([C@H]1OC(C)(C)O[C@@H]1[C@H]1COC(C)(C)O1)N1C(=O)[C@@H](OC)[C@H]1/C=C/C(=O)OCc1ccccc1. The minimum Gasteiger partial charge on any atom is -0.458 e. The second-order valence-corrected chi connectivity index (χ2v) is 14.7. The van der Waals surface area contributed by atoms with Gasteiger partial charge in [0.05, 0.1) is 23.3 Å². The molecule has 6 atom stereocenters. The van der Waals surface area contributed by atoms with Crippen LogP contribution in [0.4, 0.5) is 0 Å². The average Bonchev–Trinajstić information content (AvgIpc) is 3.50. The standard InChI is InChI=1S/C32H47NO8S2/c1-8-17-42-30(43-18-9-2)25(28-27(40-32(5,6)41-28)23-20-38-31(3,4)39-23)33-22(26(36-7)29(33)35)15-16-24(34)37-19-21-13-11-10-12-14-21/h10-16,22-23,25-28,30H,8-9,17-20H2,1-7H3/b16-15+/t22-,23-,25-,26+,27-,28-/m1/s1. The average molecular weight is 638 g/mol. The summed E-state index contributed by atoms with van der Waals surface area (Å²) < 4.78 is 36.4. The van der Waals surface area contributed by atoms with Crippen molar-refractivity contribution >= 4 is 35.4 Å². The van der Waals surface area contributed by atoms with Crippen LogP contribution >= 0.6 is 23.5 Å². The van der Waals surface area contributed by atoms with Gasteiger partial charge in [-0.3, -0.25) is 4.79 Å². The normalized spacial score (nSPS) is 28.9. The van der Waals surface area contributed by atoms with Gasteiger partial charge in [0.1, 0.15) is 24.9 Å². The highest BCUT2D eigenvalue weighted by atomic mass is 32.2. The first-order valence-corrected chi connectivity index (χ1v) is 17.2. The lowest BCUT2D eigenvalue weighted by molar-refractivity contribution is -0.182. The topological polar surface area (TPSA) is 92.8 Å². The van der Waals surface area contributed by atoms with E-state index in [2.05, 4.69) is 13.8 Å². The fourth-order valence-corrected chi connectivity index (χ4v) is 8.51. The maximum Gasteiger partial charge on any atom is 0.330 e. The lowest BCUT2D eigenvalue weighted by Gasteiger charge is -2.52. The summed E-state index contributed by atoms with van der Waals surface area (Å²) in [4.78, 5) is 28.3. The van der Waals surface area contributed by atoms with Gasteiger partial charge in [-0.1, -0.05) is 50.3 Å². The molecule has 4 rings (SSSR count). The molecule has 240 valence electrons. The lowest BCUT2D eigenvalue weighted by atomic mass is 9.90. The molecule has 3 fully saturated rings. The number of esters is 1. The summed E-state index contributed by atoms with van der Waals surface area (Å²) in [6.07, 6.45) is 3.06. The third-order valence-electron chi connectivity index (χ3n) is 7.51. The molecule has 9 nitrogen and oxygen atoms in total. The van der Waals surface area contributed by atoms with Crippen molar-refractivity contribution in [2.24, 2.45) is 0 Å². The molecule has 1 aromatic carbocycles. The van der Waals surface area contributed by atoms with Crippen LogP contribution in [0.15, 0.2) is 42.5 Å². The fourth-order valence-electron chi connectivity index (χ4n) is 5.64. The van der Waals surface area contributed by atoms with Crippen LogP contribution in [0, 0.1) is 0 Å². The summed E-state index contributed by atoms with van der Waals surface area (Å²) in [7, 11) is 1.52. The molecule has 0 aromatic heterocycles. The Kier molecular flexibility index (Phi) is 12.1. The maximum absolute atomic E-state index is 13.8. The molecule has 0 saturated carbocycles. The Morgan fingerprint density at radius 3 is 2.30 bits per heavy atom. The van der Waals surface area contributed by atoms with Crippen LogP contribution in [0.1, 0.15) is 59.9 Å². The Balaban J connectivity index is 1.64. The minimum absolute atomic E-state index is 0.0112. The maximum atomic E-state index is 13.8. The van der Waals surface area contributed by atoms with E-state index in [-0.39, 0.29) is 29.2 Å². The van der Waals surface area contributed by atoms with E-state index in [4.69, 9.17) is 28.4 Å². The number of rotatable bonds is 15. The van der Waals surface area contributed by atoms with Crippen LogP contribution in [0.5, 0.6) is 0 Å². The van der Waals surface area contributed by atoms with Gasteiger partial charge in [0.15, 0.2) is 17.7 Å². The predicted octanol–water partition coefficient (Wildman–Crippen LogP) is 5.16. The Morgan fingerprint density at radius 1 is 1.05 bits per heavy atom. The summed E-state index contributed by atoms with van der Waals surface area (Å²) in [5, 5.41) is 0. The van der Waals surface area contributed by atoms with Gasteiger partial charge >= 0.3 is 5.97 Å². The molecule has 0 radical (unpaired) electrons. The molecule has 3 saturated heterocycles. The van der Waals surface area contributed by atoms with Crippen molar-refractivity contribution in [3.63, 3.8) is 0 Å². The smallest absolute Gasteiger partial charge is 0.330 e. The second kappa shape index (κ2) is 15.1. The van der Waals surface area contributed by atoms with E-state index in [1.165, 1.54) is 13.2 Å². The first kappa shape index (κ1) is 34.3. The quantitative estimate of drug-likeness (QED) is 0.111. The Morgan fingerprint density at radius 2 is 1.72 bits per heavy atom. The van der Waals surface area contributed by atoms with E-state index in [9.17, 15) is 9.59 Å². The zero-order valence-corrected chi connectivity index (χ0v) is 28.0. The predicted molar refractivity (Wildman–Crippen MR) is 169 cm³/mol. The summed E-state index contributed by atoms with van der Waals surface area (Å²) in [6, 6.07) is 8.65. The highest BCUT2D eigenvalue weighted by molar-refractivity contribution is 8.17. The third kappa shape index (κ3) is 8.56. The van der Waals surface area contributed by atoms with E-state index >= 15 is 0 Å². The van der Waals surface area contributed by atoms with Crippen molar-refractivity contribution in [3.05, 3.63) is 48.0 Å². The molecule has 0 N–H and O–H groups in total. The Hall–Kier alpha value is -1.60. The van der Waals surface area contributed by atoms with Crippen LogP contribution in [0.2, 0.25) is 0 Å². The number of hydrogen-bond donors (Lipinski definition) is 0. The zero-order chi connectivity index (χ0) is 31.2. The molecular weight excluding hydrogens is 590 g/mol. The Bertz CT molecular complexity index is 1090. The number of benzene rings is 1. The molecule has 3 aliphatic rings. The van der Waals surface area contributed by atoms with Crippen molar-refractivity contribution in [1.82, 2.24) is 4.90 Å². The Labute approximate surface area is 264 Å². The molecular formula is C32H47NO8S2. The van der Waals surface area contributed by atoms with Crippen molar-refractivity contribution in [1.29, 1.82) is 0 Å². The zero-order valence-electron chi connectivity index (χ0n) is 26.4. The van der Waals surface area contributed by atoms with Crippen LogP contribution in [0.3, 0.4) is 0 Å². The minimum atomic E-state index is -0.889. The van der Waals surface area contributed by atoms with Crippen LogP contribution in [0.25, 0.3) is 0 Å². The molecule has 0 aliphatic carbocycles. The highest BCUT2D eigenvalue weighted by Crippen LogP contribution is 2.45. The van der Waals surface area contributed by atoms with Crippen molar-refractivity contribution in [3.8, 4) is 0 Å². The molecule has 0 bridgehead atoms. The number of β-lactam (4-membered cyclic amide) rings is 1. The van der Waals surface area contributed by atoms with Crippen molar-refractivity contribution in [2.75, 3.05) is 25.2 Å². The van der Waals surface area contributed by atoms with Gasteiger partial charge < -0.3 is 33.3 Å². The van der Waals surface area contributed by atoms with E-state index in [0.717, 1.165) is 29.9 Å². The van der Waals surface area contributed by atoms with Gasteiger partial charge in [-0.2, -0.15) is 0 Å². The number of ether oxygens (including phenoxy) is 6. The number of carbonyl (C=O) groups excluding carboxylic acids is 2. The monoisotopic (exact) mass is 637 g/mol. The van der Waals surface area contributed by atoms with Gasteiger partial charge in [0.2, 0.25) is 0 Å². The second-order valence-electron chi connectivity index (χ2n) is 11.9. The number of likely N-dealkylation sites (tertiary alicyclic amines) is 1. The van der Waals surface area contributed by atoms with Gasteiger partial charge in [-0.15, -0.1) is 23.5 Å². The highest BCUT2D eigenvalue weighted by Gasteiger charge is 2.60. The fraction of sp³-hybridized carbons (Fsp3) is 0.688. The number of nitrogens with zero attached hydrogens (tertiary/aromatic N) is 1. The number of hydrogen-bond acceptors (Lipinski definition) is 10. The van der Waals surface area contributed by atoms with E-state index < -0.39 is 41.9 Å². The molecule has 11 heteroatoms. The van der Waals surface area contributed by atoms with E-state index in [1.807, 2.05) is 86.5 Å². The van der Waals surface area contributed by atoms with Crippen LogP contribution in [-0.4, -0.2) is 94.7 Å². The van der Waals surface area contributed by atoms with Crippen molar-refractivity contribution in [2.45, 2.75) is 114 Å². The molecule has 1 aromatic rings. The van der Waals surface area contributed by atoms with E-state index in [0.29, 0.717) is 6.61 Å². The summed E-state index contributed by atoms with van der Waals surface area (Å²) in [5.41, 5.74) is 0.900. The third-order valence-corrected chi connectivity index (χ3v) is 10.8. The molecule has 0 unspecified atom stereocenters. The van der Waals surface area contributed by atoms with E-state index in [1.54, 1.807) is 6.08 Å².